The van der Waals surface area contributed by atoms with Crippen molar-refractivity contribution in [3.63, 3.8) is 0 Å². The predicted molar refractivity (Wildman–Crippen MR) is 82.4 cm³/mol. The maximum atomic E-state index is 12.1. The third-order valence-corrected chi connectivity index (χ3v) is 4.55. The number of halogens is 2. The van der Waals surface area contributed by atoms with E-state index in [0.29, 0.717) is 15.6 Å². The van der Waals surface area contributed by atoms with E-state index < -0.39 is 10.0 Å². The second-order valence-corrected chi connectivity index (χ2v) is 6.60. The fourth-order valence-electron chi connectivity index (χ4n) is 1.53. The quantitative estimate of drug-likeness (QED) is 0.796. The fraction of sp³-hybridized carbons (Fsp3) is 0.0714. The van der Waals surface area contributed by atoms with Crippen LogP contribution in [-0.4, -0.2) is 14.6 Å². The lowest BCUT2D eigenvalue weighted by Gasteiger charge is -2.02. The van der Waals surface area contributed by atoms with Crippen molar-refractivity contribution in [1.82, 2.24) is 0 Å². The zero-order valence-corrected chi connectivity index (χ0v) is 12.9. The number of hydrogen-bond donors (Lipinski definition) is 0. The van der Waals surface area contributed by atoms with Crippen LogP contribution in [0.3, 0.4) is 0 Å². The molecule has 0 spiro atoms. The molecule has 3 nitrogen and oxygen atoms in total. The normalized spacial score (nSPS) is 11.9. The lowest BCUT2D eigenvalue weighted by Crippen LogP contribution is -1.98. The van der Waals surface area contributed by atoms with Crippen molar-refractivity contribution in [2.75, 3.05) is 0 Å². The van der Waals surface area contributed by atoms with Gasteiger partial charge in [-0.3, -0.25) is 0 Å². The molecule has 0 unspecified atom stereocenters. The Morgan fingerprint density at radius 1 is 1.00 bits per heavy atom. The van der Waals surface area contributed by atoms with E-state index in [1.165, 1.54) is 18.3 Å². The third kappa shape index (κ3) is 3.39. The molecule has 104 valence electrons. The van der Waals surface area contributed by atoms with Crippen molar-refractivity contribution in [3.8, 4) is 0 Å². The monoisotopic (exact) mass is 327 g/mol. The third-order valence-electron chi connectivity index (χ3n) is 2.64. The average Bonchev–Trinajstić information content (AvgIpc) is 2.38. The Morgan fingerprint density at radius 3 is 2.10 bits per heavy atom. The highest BCUT2D eigenvalue weighted by Crippen LogP contribution is 2.23. The lowest BCUT2D eigenvalue weighted by molar-refractivity contribution is 0.598. The van der Waals surface area contributed by atoms with Crippen LogP contribution in [0, 0.1) is 6.92 Å². The molecule has 0 aliphatic heterocycles. The van der Waals surface area contributed by atoms with Gasteiger partial charge < -0.3 is 0 Å². The van der Waals surface area contributed by atoms with Gasteiger partial charge in [-0.05, 0) is 31.2 Å². The molecule has 0 aliphatic carbocycles. The van der Waals surface area contributed by atoms with Crippen LogP contribution < -0.4 is 0 Å². The smallest absolute Gasteiger partial charge is 0.199 e. The van der Waals surface area contributed by atoms with E-state index in [1.54, 1.807) is 30.3 Å². The van der Waals surface area contributed by atoms with Gasteiger partial charge in [0.2, 0.25) is 0 Å². The summed E-state index contributed by atoms with van der Waals surface area (Å²) in [6.07, 6.45) is 1.17. The minimum absolute atomic E-state index is 0.127. The van der Waals surface area contributed by atoms with E-state index in [4.69, 9.17) is 23.2 Å². The molecule has 0 bridgehead atoms. The van der Waals surface area contributed by atoms with Crippen LogP contribution in [0.2, 0.25) is 10.0 Å². The lowest BCUT2D eigenvalue weighted by atomic mass is 10.2. The molecular weight excluding hydrogens is 317 g/mol. The SMILES string of the molecule is Cc1ccc(S(=O)(=O)/N=C\c2c(Cl)cccc2Cl)cc1. The zero-order valence-electron chi connectivity index (χ0n) is 10.5. The maximum Gasteiger partial charge on any atom is 0.282 e. The van der Waals surface area contributed by atoms with Gasteiger partial charge in [0.1, 0.15) is 0 Å². The van der Waals surface area contributed by atoms with Crippen molar-refractivity contribution in [2.45, 2.75) is 11.8 Å². The molecule has 0 heterocycles. The average molecular weight is 328 g/mol. The maximum absolute atomic E-state index is 12.1. The number of nitrogens with zero attached hydrogens (tertiary/aromatic N) is 1. The van der Waals surface area contributed by atoms with Gasteiger partial charge in [-0.2, -0.15) is 12.8 Å². The van der Waals surface area contributed by atoms with E-state index in [9.17, 15) is 8.42 Å². The summed E-state index contributed by atoms with van der Waals surface area (Å²) in [4.78, 5) is 0.127. The Hall–Kier alpha value is -1.36. The van der Waals surface area contributed by atoms with Gasteiger partial charge in [0.25, 0.3) is 10.0 Å². The molecule has 20 heavy (non-hydrogen) atoms. The highest BCUT2D eigenvalue weighted by molar-refractivity contribution is 7.90. The van der Waals surface area contributed by atoms with Crippen LogP contribution in [0.5, 0.6) is 0 Å². The largest absolute Gasteiger partial charge is 0.282 e. The Morgan fingerprint density at radius 2 is 1.55 bits per heavy atom. The van der Waals surface area contributed by atoms with Gasteiger partial charge >= 0.3 is 0 Å². The van der Waals surface area contributed by atoms with Crippen LogP contribution in [0.1, 0.15) is 11.1 Å². The number of benzene rings is 2. The Kier molecular flexibility index (Phi) is 4.48. The topological polar surface area (TPSA) is 46.5 Å². The van der Waals surface area contributed by atoms with Crippen molar-refractivity contribution in [3.05, 3.63) is 63.6 Å². The number of hydrogen-bond acceptors (Lipinski definition) is 2. The first kappa shape index (κ1) is 15.0. The zero-order chi connectivity index (χ0) is 14.8. The molecule has 0 saturated carbocycles. The summed E-state index contributed by atoms with van der Waals surface area (Å²) >= 11 is 11.9. The molecule has 0 atom stereocenters. The Bertz CT molecular complexity index is 733. The summed E-state index contributed by atoms with van der Waals surface area (Å²) in [5, 5.41) is 0.695. The van der Waals surface area contributed by atoms with E-state index in [-0.39, 0.29) is 4.90 Å². The molecule has 2 aromatic rings. The van der Waals surface area contributed by atoms with E-state index in [0.717, 1.165) is 5.56 Å². The summed E-state index contributed by atoms with van der Waals surface area (Å²) in [7, 11) is -3.76. The predicted octanol–water partition coefficient (Wildman–Crippen LogP) is 4.11. The molecule has 6 heteroatoms. The number of rotatable bonds is 3. The summed E-state index contributed by atoms with van der Waals surface area (Å²) in [5.74, 6) is 0. The van der Waals surface area contributed by atoms with Crippen LogP contribution in [0.15, 0.2) is 51.8 Å². The molecule has 2 aromatic carbocycles. The van der Waals surface area contributed by atoms with E-state index >= 15 is 0 Å². The first-order valence-corrected chi connectivity index (χ1v) is 7.91. The van der Waals surface area contributed by atoms with Crippen LogP contribution >= 0.6 is 23.2 Å². The van der Waals surface area contributed by atoms with Gasteiger partial charge in [0.05, 0.1) is 21.2 Å². The highest BCUT2D eigenvalue weighted by atomic mass is 35.5. The van der Waals surface area contributed by atoms with E-state index in [1.807, 2.05) is 6.92 Å². The summed E-state index contributed by atoms with van der Waals surface area (Å²) in [6.45, 7) is 1.88. The first-order chi connectivity index (χ1) is 9.40. The van der Waals surface area contributed by atoms with Crippen molar-refractivity contribution in [1.29, 1.82) is 0 Å². The molecule has 0 fully saturated rings. The molecule has 0 saturated heterocycles. The molecule has 0 aromatic heterocycles. The summed E-state index contributed by atoms with van der Waals surface area (Å²) in [6, 6.07) is 11.4. The molecule has 0 N–H and O–H groups in total. The molecule has 0 radical (unpaired) electrons. The minimum atomic E-state index is -3.76. The Labute approximate surface area is 127 Å². The van der Waals surface area contributed by atoms with Gasteiger partial charge in [-0.15, -0.1) is 0 Å². The van der Waals surface area contributed by atoms with Crippen LogP contribution in [0.4, 0.5) is 0 Å². The first-order valence-electron chi connectivity index (χ1n) is 5.71. The molecule has 2 rings (SSSR count). The van der Waals surface area contributed by atoms with Gasteiger partial charge in [0.15, 0.2) is 0 Å². The minimum Gasteiger partial charge on any atom is -0.199 e. The van der Waals surface area contributed by atoms with Crippen LogP contribution in [-0.2, 0) is 10.0 Å². The van der Waals surface area contributed by atoms with Gasteiger partial charge in [-0.1, -0.05) is 47.0 Å². The molecular formula is C14H11Cl2NO2S. The summed E-state index contributed by atoms with van der Waals surface area (Å²) in [5.41, 5.74) is 1.36. The highest BCUT2D eigenvalue weighted by Gasteiger charge is 2.12. The Balaban J connectivity index is 2.37. The number of aryl methyl sites for hydroxylation is 1. The molecule has 0 aliphatic rings. The van der Waals surface area contributed by atoms with Gasteiger partial charge in [-0.25, -0.2) is 0 Å². The summed E-state index contributed by atoms with van der Waals surface area (Å²) < 4.78 is 27.7. The van der Waals surface area contributed by atoms with Gasteiger partial charge in [0, 0.05) is 5.56 Å². The second-order valence-electron chi connectivity index (χ2n) is 4.16. The van der Waals surface area contributed by atoms with Crippen molar-refractivity contribution < 1.29 is 8.42 Å². The molecule has 0 amide bonds. The standard InChI is InChI=1S/C14H11Cl2NO2S/c1-10-5-7-11(8-6-10)20(18,19)17-9-12-13(15)3-2-4-14(12)16/h2-9H,1H3/b17-9-. The fourth-order valence-corrected chi connectivity index (χ4v) is 2.87. The second kappa shape index (κ2) is 5.95. The van der Waals surface area contributed by atoms with Crippen molar-refractivity contribution >= 4 is 39.4 Å². The number of sulfonamides is 1. The van der Waals surface area contributed by atoms with Crippen LogP contribution in [0.25, 0.3) is 0 Å². The van der Waals surface area contributed by atoms with Crippen molar-refractivity contribution in [2.24, 2.45) is 4.40 Å². The van der Waals surface area contributed by atoms with E-state index in [2.05, 4.69) is 4.40 Å².